The Labute approximate surface area is 168 Å². The summed E-state index contributed by atoms with van der Waals surface area (Å²) in [7, 11) is 1.44. The van der Waals surface area contributed by atoms with Gasteiger partial charge in [-0.2, -0.15) is 0 Å². The molecular formula is C19H23Cl2NO5. The standard InChI is InChI=1S/C19H23Cl2NO5/c1-18(2,3)17(24)27-15-14(11-7-12(20)9-13(21)8-11)16(23)22(19(15,4)5)26-10-25-6/h7-9H,10H2,1-6H3. The van der Waals surface area contributed by atoms with Crippen molar-refractivity contribution in [3.63, 3.8) is 0 Å². The van der Waals surface area contributed by atoms with Crippen LogP contribution in [0.4, 0.5) is 0 Å². The van der Waals surface area contributed by atoms with Gasteiger partial charge in [0.25, 0.3) is 5.91 Å². The molecule has 1 heterocycles. The second kappa shape index (κ2) is 7.80. The van der Waals surface area contributed by atoms with E-state index in [1.807, 2.05) is 0 Å². The topological polar surface area (TPSA) is 65.1 Å². The van der Waals surface area contributed by atoms with Gasteiger partial charge in [0.15, 0.2) is 6.79 Å². The number of rotatable bonds is 5. The Morgan fingerprint density at radius 1 is 1.15 bits per heavy atom. The molecule has 27 heavy (non-hydrogen) atoms. The van der Waals surface area contributed by atoms with Crippen LogP contribution in [0.5, 0.6) is 0 Å². The van der Waals surface area contributed by atoms with Crippen LogP contribution in [-0.2, 0) is 23.9 Å². The number of amides is 1. The second-order valence-electron chi connectivity index (χ2n) is 7.70. The van der Waals surface area contributed by atoms with Crippen LogP contribution >= 0.6 is 23.2 Å². The third kappa shape index (κ3) is 4.46. The van der Waals surface area contributed by atoms with Crippen molar-refractivity contribution < 1.29 is 23.9 Å². The van der Waals surface area contributed by atoms with Crippen LogP contribution in [0.3, 0.4) is 0 Å². The summed E-state index contributed by atoms with van der Waals surface area (Å²) in [6.45, 7) is 8.48. The summed E-state index contributed by atoms with van der Waals surface area (Å²) in [6.07, 6.45) is 0. The lowest BCUT2D eigenvalue weighted by Crippen LogP contribution is -2.45. The average molecular weight is 416 g/mol. The van der Waals surface area contributed by atoms with E-state index in [0.717, 1.165) is 5.06 Å². The number of benzene rings is 1. The zero-order valence-electron chi connectivity index (χ0n) is 16.2. The summed E-state index contributed by atoms with van der Waals surface area (Å²) < 4.78 is 10.6. The lowest BCUT2D eigenvalue weighted by Gasteiger charge is -2.32. The van der Waals surface area contributed by atoms with E-state index in [2.05, 4.69) is 0 Å². The van der Waals surface area contributed by atoms with E-state index in [0.29, 0.717) is 15.6 Å². The number of carbonyl (C=O) groups excluding carboxylic acids is 2. The molecule has 2 rings (SSSR count). The molecule has 0 fully saturated rings. The maximum absolute atomic E-state index is 13.1. The predicted octanol–water partition coefficient (Wildman–Crippen LogP) is 4.45. The van der Waals surface area contributed by atoms with Crippen molar-refractivity contribution in [2.24, 2.45) is 5.41 Å². The van der Waals surface area contributed by atoms with Gasteiger partial charge in [0.2, 0.25) is 0 Å². The number of ether oxygens (including phenoxy) is 2. The van der Waals surface area contributed by atoms with Crippen LogP contribution in [0.1, 0.15) is 40.2 Å². The Hall–Kier alpha value is -1.60. The molecule has 1 aliphatic rings. The molecule has 0 saturated heterocycles. The molecule has 0 unspecified atom stereocenters. The number of halogens is 2. The van der Waals surface area contributed by atoms with Crippen LogP contribution in [0.2, 0.25) is 10.0 Å². The van der Waals surface area contributed by atoms with E-state index in [4.69, 9.17) is 37.5 Å². The molecule has 148 valence electrons. The molecule has 1 aromatic carbocycles. The van der Waals surface area contributed by atoms with Gasteiger partial charge in [-0.15, -0.1) is 0 Å². The van der Waals surface area contributed by atoms with E-state index in [9.17, 15) is 9.59 Å². The van der Waals surface area contributed by atoms with Crippen LogP contribution in [0.15, 0.2) is 24.0 Å². The Kier molecular flexibility index (Phi) is 6.26. The molecule has 8 heteroatoms. The van der Waals surface area contributed by atoms with Gasteiger partial charge < -0.3 is 9.47 Å². The molecule has 0 N–H and O–H groups in total. The third-order valence-corrected chi connectivity index (χ3v) is 4.38. The van der Waals surface area contributed by atoms with Crippen molar-refractivity contribution >= 4 is 40.7 Å². The minimum Gasteiger partial charge on any atom is -0.427 e. The second-order valence-corrected chi connectivity index (χ2v) is 8.57. The van der Waals surface area contributed by atoms with Crippen molar-refractivity contribution in [1.29, 1.82) is 0 Å². The number of carbonyl (C=O) groups is 2. The Bertz CT molecular complexity index is 776. The molecule has 1 aromatic rings. The molecule has 0 aliphatic carbocycles. The SMILES string of the molecule is COCON1C(=O)C(c2cc(Cl)cc(Cl)c2)=C(OC(=O)C(C)(C)C)C1(C)C. The molecule has 0 aromatic heterocycles. The van der Waals surface area contributed by atoms with Gasteiger partial charge in [0.05, 0.1) is 11.0 Å². The van der Waals surface area contributed by atoms with Gasteiger partial charge in [-0.3, -0.25) is 9.59 Å². The molecule has 1 amide bonds. The molecule has 0 spiro atoms. The largest absolute Gasteiger partial charge is 0.427 e. The fourth-order valence-corrected chi connectivity index (χ4v) is 3.08. The quantitative estimate of drug-likeness (QED) is 0.524. The van der Waals surface area contributed by atoms with Crippen molar-refractivity contribution in [2.45, 2.75) is 40.2 Å². The predicted molar refractivity (Wildman–Crippen MR) is 103 cm³/mol. The number of esters is 1. The first-order chi connectivity index (χ1) is 12.4. The Morgan fingerprint density at radius 2 is 1.70 bits per heavy atom. The summed E-state index contributed by atoms with van der Waals surface area (Å²) in [6, 6.07) is 4.72. The first kappa shape index (κ1) is 21.7. The van der Waals surface area contributed by atoms with E-state index in [1.54, 1.807) is 52.8 Å². The lowest BCUT2D eigenvalue weighted by molar-refractivity contribution is -0.239. The number of hydroxylamine groups is 2. The van der Waals surface area contributed by atoms with Gasteiger partial charge in [0, 0.05) is 17.2 Å². The lowest BCUT2D eigenvalue weighted by atomic mass is 9.96. The fraction of sp³-hybridized carbons (Fsp3) is 0.474. The molecule has 0 saturated carbocycles. The van der Waals surface area contributed by atoms with E-state index >= 15 is 0 Å². The van der Waals surface area contributed by atoms with Crippen molar-refractivity contribution in [1.82, 2.24) is 5.06 Å². The van der Waals surface area contributed by atoms with Crippen LogP contribution in [-0.4, -0.2) is 36.4 Å². The van der Waals surface area contributed by atoms with Crippen LogP contribution in [0, 0.1) is 5.41 Å². The van der Waals surface area contributed by atoms with E-state index < -0.39 is 22.8 Å². The summed E-state index contributed by atoms with van der Waals surface area (Å²) in [5.41, 5.74) is -1.21. The van der Waals surface area contributed by atoms with Gasteiger partial charge in [-0.05, 0) is 58.4 Å². The van der Waals surface area contributed by atoms with E-state index in [-0.39, 0.29) is 18.1 Å². The highest BCUT2D eigenvalue weighted by Crippen LogP contribution is 2.42. The monoisotopic (exact) mass is 415 g/mol. The summed E-state index contributed by atoms with van der Waals surface area (Å²) >= 11 is 12.2. The third-order valence-electron chi connectivity index (χ3n) is 3.95. The number of hydrogen-bond donors (Lipinski definition) is 0. The molecule has 6 nitrogen and oxygen atoms in total. The van der Waals surface area contributed by atoms with Crippen molar-refractivity contribution in [2.75, 3.05) is 13.9 Å². The Balaban J connectivity index is 2.63. The highest BCUT2D eigenvalue weighted by atomic mass is 35.5. The molecule has 0 bridgehead atoms. The summed E-state index contributed by atoms with van der Waals surface area (Å²) in [5, 5.41) is 1.84. The summed E-state index contributed by atoms with van der Waals surface area (Å²) in [4.78, 5) is 31.1. The van der Waals surface area contributed by atoms with Crippen molar-refractivity contribution in [3.05, 3.63) is 39.6 Å². The zero-order chi connectivity index (χ0) is 20.6. The molecule has 0 radical (unpaired) electrons. The van der Waals surface area contributed by atoms with Gasteiger partial charge in [-0.25, -0.2) is 9.90 Å². The molecule has 0 atom stereocenters. The van der Waals surface area contributed by atoms with Gasteiger partial charge in [0.1, 0.15) is 11.3 Å². The molecule has 1 aliphatic heterocycles. The maximum atomic E-state index is 13.1. The van der Waals surface area contributed by atoms with Crippen LogP contribution < -0.4 is 0 Å². The van der Waals surface area contributed by atoms with Gasteiger partial charge >= 0.3 is 5.97 Å². The first-order valence-electron chi connectivity index (χ1n) is 8.29. The fourth-order valence-electron chi connectivity index (χ4n) is 2.55. The summed E-state index contributed by atoms with van der Waals surface area (Å²) in [5.74, 6) is -0.786. The first-order valence-corrected chi connectivity index (χ1v) is 9.05. The molecular weight excluding hydrogens is 393 g/mol. The number of nitrogens with zero attached hydrogens (tertiary/aromatic N) is 1. The minimum atomic E-state index is -1.05. The minimum absolute atomic E-state index is 0.140. The highest BCUT2D eigenvalue weighted by Gasteiger charge is 2.50. The number of methoxy groups -OCH3 is 1. The maximum Gasteiger partial charge on any atom is 0.316 e. The highest BCUT2D eigenvalue weighted by molar-refractivity contribution is 6.35. The van der Waals surface area contributed by atoms with Crippen LogP contribution in [0.25, 0.3) is 5.57 Å². The average Bonchev–Trinajstić information content (AvgIpc) is 2.70. The normalized spacial score (nSPS) is 16.9. The van der Waals surface area contributed by atoms with Gasteiger partial charge in [-0.1, -0.05) is 23.2 Å². The van der Waals surface area contributed by atoms with E-state index in [1.165, 1.54) is 7.11 Å². The number of hydrogen-bond acceptors (Lipinski definition) is 5. The Morgan fingerprint density at radius 3 is 2.19 bits per heavy atom. The van der Waals surface area contributed by atoms with Crippen molar-refractivity contribution in [3.8, 4) is 0 Å². The zero-order valence-corrected chi connectivity index (χ0v) is 17.7. The smallest absolute Gasteiger partial charge is 0.316 e.